The minimum Gasteiger partial charge on any atom is -0.354 e. The van der Waals surface area contributed by atoms with Gasteiger partial charge in [-0.2, -0.15) is 0 Å². The van der Waals surface area contributed by atoms with Crippen molar-refractivity contribution in [3.63, 3.8) is 0 Å². The Morgan fingerprint density at radius 1 is 1.32 bits per heavy atom. The van der Waals surface area contributed by atoms with Crippen molar-refractivity contribution in [2.75, 3.05) is 19.6 Å². The fourth-order valence-electron chi connectivity index (χ4n) is 3.55. The maximum atomic E-state index is 12.4. The minimum atomic E-state index is 0.0553. The number of nitrogens with one attached hydrogen (secondary N) is 1. The predicted octanol–water partition coefficient (Wildman–Crippen LogP) is 2.74. The number of allylic oxidation sites excluding steroid dienone is 2. The summed E-state index contributed by atoms with van der Waals surface area (Å²) in [6.07, 6.45) is 6.09. The van der Waals surface area contributed by atoms with Gasteiger partial charge >= 0.3 is 0 Å². The molecule has 0 spiro atoms. The molecule has 1 saturated heterocycles. The van der Waals surface area contributed by atoms with Crippen molar-refractivity contribution in [2.45, 2.75) is 53.4 Å². The van der Waals surface area contributed by atoms with Gasteiger partial charge in [0.25, 0.3) is 0 Å². The highest BCUT2D eigenvalue weighted by Gasteiger charge is 2.60. The van der Waals surface area contributed by atoms with Crippen LogP contribution in [0.3, 0.4) is 0 Å². The normalized spacial score (nSPS) is 27.1. The van der Waals surface area contributed by atoms with Gasteiger partial charge < -0.3 is 10.2 Å². The number of amides is 2. The molecule has 124 valence electrons. The van der Waals surface area contributed by atoms with E-state index >= 15 is 0 Å². The van der Waals surface area contributed by atoms with Gasteiger partial charge in [0, 0.05) is 26.1 Å². The fraction of sp³-hybridized carbons (Fsp3) is 0.778. The lowest BCUT2D eigenvalue weighted by Crippen LogP contribution is -2.39. The van der Waals surface area contributed by atoms with E-state index in [1.807, 2.05) is 4.90 Å². The Labute approximate surface area is 134 Å². The molecule has 1 aliphatic carbocycles. The van der Waals surface area contributed by atoms with Gasteiger partial charge in [0.05, 0.1) is 5.92 Å². The predicted molar refractivity (Wildman–Crippen MR) is 88.2 cm³/mol. The van der Waals surface area contributed by atoms with Gasteiger partial charge in [-0.1, -0.05) is 31.9 Å². The Kier molecular flexibility index (Phi) is 5.30. The number of rotatable bonds is 5. The molecular weight excluding hydrogens is 276 g/mol. The lowest BCUT2D eigenvalue weighted by molar-refractivity contribution is -0.131. The molecule has 2 atom stereocenters. The van der Waals surface area contributed by atoms with Gasteiger partial charge in [-0.25, -0.2) is 0 Å². The van der Waals surface area contributed by atoms with E-state index in [0.29, 0.717) is 25.4 Å². The van der Waals surface area contributed by atoms with E-state index in [-0.39, 0.29) is 23.1 Å². The van der Waals surface area contributed by atoms with Crippen LogP contribution in [0.25, 0.3) is 0 Å². The van der Waals surface area contributed by atoms with Crippen molar-refractivity contribution in [1.82, 2.24) is 10.2 Å². The largest absolute Gasteiger partial charge is 0.354 e. The van der Waals surface area contributed by atoms with Gasteiger partial charge in [-0.15, -0.1) is 0 Å². The highest BCUT2D eigenvalue weighted by atomic mass is 16.2. The summed E-state index contributed by atoms with van der Waals surface area (Å²) in [6.45, 7) is 10.5. The lowest BCUT2D eigenvalue weighted by Gasteiger charge is -2.20. The van der Waals surface area contributed by atoms with Crippen LogP contribution >= 0.6 is 0 Å². The van der Waals surface area contributed by atoms with E-state index in [0.717, 1.165) is 25.8 Å². The van der Waals surface area contributed by atoms with Crippen LogP contribution in [0.15, 0.2) is 11.6 Å². The van der Waals surface area contributed by atoms with Crippen molar-refractivity contribution in [3.05, 3.63) is 11.6 Å². The van der Waals surface area contributed by atoms with Crippen LogP contribution in [0.2, 0.25) is 0 Å². The topological polar surface area (TPSA) is 49.4 Å². The van der Waals surface area contributed by atoms with Crippen LogP contribution in [0.1, 0.15) is 53.4 Å². The van der Waals surface area contributed by atoms with E-state index in [2.05, 4.69) is 39.1 Å². The second-order valence-electron chi connectivity index (χ2n) is 7.55. The highest BCUT2D eigenvalue weighted by Crippen LogP contribution is 2.59. The number of carbonyl (C=O) groups excluding carboxylic acids is 2. The molecular formula is C18H30N2O2. The quantitative estimate of drug-likeness (QED) is 0.794. The van der Waals surface area contributed by atoms with Gasteiger partial charge in [0.1, 0.15) is 0 Å². The number of hydrogen-bond acceptors (Lipinski definition) is 2. The Balaban J connectivity index is 1.79. The number of hydrogen-bond donors (Lipinski definition) is 1. The van der Waals surface area contributed by atoms with Crippen molar-refractivity contribution >= 4 is 11.8 Å². The number of nitrogens with zero attached hydrogens (tertiary/aromatic N) is 1. The van der Waals surface area contributed by atoms with Crippen LogP contribution in [-0.2, 0) is 9.59 Å². The van der Waals surface area contributed by atoms with Gasteiger partial charge in [0.2, 0.25) is 11.8 Å². The summed E-state index contributed by atoms with van der Waals surface area (Å²) in [5, 5.41) is 3.03. The zero-order valence-corrected chi connectivity index (χ0v) is 14.4. The molecule has 2 aliphatic rings. The van der Waals surface area contributed by atoms with E-state index in [4.69, 9.17) is 0 Å². The van der Waals surface area contributed by atoms with Gasteiger partial charge in [-0.3, -0.25) is 9.59 Å². The van der Waals surface area contributed by atoms with Crippen molar-refractivity contribution < 1.29 is 9.59 Å². The highest BCUT2D eigenvalue weighted by molar-refractivity contribution is 5.83. The molecule has 1 heterocycles. The van der Waals surface area contributed by atoms with Crippen LogP contribution in [0, 0.1) is 17.3 Å². The van der Waals surface area contributed by atoms with Crippen LogP contribution < -0.4 is 5.32 Å². The van der Waals surface area contributed by atoms with E-state index in [9.17, 15) is 9.59 Å². The summed E-state index contributed by atoms with van der Waals surface area (Å²) in [6, 6.07) is 0. The monoisotopic (exact) mass is 306 g/mol. The molecule has 4 nitrogen and oxygen atoms in total. The van der Waals surface area contributed by atoms with Crippen molar-refractivity contribution in [2.24, 2.45) is 17.3 Å². The van der Waals surface area contributed by atoms with Crippen molar-refractivity contribution in [1.29, 1.82) is 0 Å². The molecule has 0 bridgehead atoms. The maximum absolute atomic E-state index is 12.4. The molecule has 0 unspecified atom stereocenters. The van der Waals surface area contributed by atoms with Gasteiger partial charge in [0.15, 0.2) is 0 Å². The van der Waals surface area contributed by atoms with Crippen LogP contribution in [-0.4, -0.2) is 36.3 Å². The first-order valence-electron chi connectivity index (χ1n) is 8.54. The number of carbonyl (C=O) groups is 2. The Bertz CT molecular complexity index is 464. The second kappa shape index (κ2) is 6.84. The molecule has 0 aromatic rings. The summed E-state index contributed by atoms with van der Waals surface area (Å²) in [5.41, 5.74) is 1.32. The Morgan fingerprint density at radius 2 is 2.05 bits per heavy atom. The first kappa shape index (κ1) is 17.0. The number of likely N-dealkylation sites (tertiary alicyclic amines) is 1. The first-order chi connectivity index (χ1) is 10.3. The average Bonchev–Trinajstić information content (AvgIpc) is 3.02. The third kappa shape index (κ3) is 3.90. The van der Waals surface area contributed by atoms with E-state index < -0.39 is 0 Å². The summed E-state index contributed by atoms with van der Waals surface area (Å²) in [7, 11) is 0. The minimum absolute atomic E-state index is 0.0553. The molecule has 0 aromatic carbocycles. The van der Waals surface area contributed by atoms with E-state index in [1.54, 1.807) is 0 Å². The fourth-order valence-corrected chi connectivity index (χ4v) is 3.55. The van der Waals surface area contributed by atoms with Gasteiger partial charge in [-0.05, 0) is 38.0 Å². The van der Waals surface area contributed by atoms with E-state index in [1.165, 1.54) is 5.57 Å². The molecule has 0 radical (unpaired) electrons. The smallest absolute Gasteiger partial charge is 0.224 e. The zero-order valence-electron chi connectivity index (χ0n) is 14.4. The molecule has 1 saturated carbocycles. The zero-order chi connectivity index (χ0) is 16.3. The molecule has 4 heteroatoms. The Morgan fingerprint density at radius 3 is 2.73 bits per heavy atom. The molecule has 0 aromatic heterocycles. The lowest BCUT2D eigenvalue weighted by atomic mass is 10.1. The van der Waals surface area contributed by atoms with Crippen LogP contribution in [0.4, 0.5) is 0 Å². The second-order valence-corrected chi connectivity index (χ2v) is 7.55. The summed E-state index contributed by atoms with van der Waals surface area (Å²) >= 11 is 0. The molecule has 2 amide bonds. The van der Waals surface area contributed by atoms with Crippen molar-refractivity contribution in [3.8, 4) is 0 Å². The van der Waals surface area contributed by atoms with Crippen LogP contribution in [0.5, 0.6) is 0 Å². The first-order valence-corrected chi connectivity index (χ1v) is 8.54. The SMILES string of the molecule is CC(C)=C[C@H]1[C@H](C(=O)NCCN2CCCCCC2=O)C1(C)C. The molecule has 2 fully saturated rings. The Hall–Kier alpha value is -1.32. The average molecular weight is 306 g/mol. The third-order valence-electron chi connectivity index (χ3n) is 5.06. The standard InChI is InChI=1S/C18H30N2O2/c1-13(2)12-14-16(18(14,3)4)17(22)19-9-11-20-10-7-5-6-8-15(20)21/h12,14,16H,5-11H2,1-4H3,(H,19,22)/t14-,16+/m0/s1. The molecule has 22 heavy (non-hydrogen) atoms. The summed E-state index contributed by atoms with van der Waals surface area (Å²) in [4.78, 5) is 26.2. The summed E-state index contributed by atoms with van der Waals surface area (Å²) < 4.78 is 0. The third-order valence-corrected chi connectivity index (χ3v) is 5.06. The molecule has 2 rings (SSSR count). The molecule has 1 N–H and O–H groups in total. The molecule has 1 aliphatic heterocycles. The summed E-state index contributed by atoms with van der Waals surface area (Å²) in [5.74, 6) is 0.787. The maximum Gasteiger partial charge on any atom is 0.224 e.